The number of nitrogens with one attached hydrogen (secondary N) is 1. The summed E-state index contributed by atoms with van der Waals surface area (Å²) in [5.41, 5.74) is 9.39. The molecule has 3 N–H and O–H groups in total. The van der Waals surface area contributed by atoms with E-state index in [2.05, 4.69) is 26.1 Å². The molecule has 128 valence electrons. The number of rotatable bonds is 4. The average molecular weight is 326 g/mol. The Kier molecular flexibility index (Phi) is 5.17. The van der Waals surface area contributed by atoms with Gasteiger partial charge in [-0.2, -0.15) is 0 Å². The minimum atomic E-state index is -0.605. The first-order valence-corrected chi connectivity index (χ1v) is 8.11. The number of hydrogen-bond acceptors (Lipinski definition) is 3. The number of carbonyl (C=O) groups is 1. The number of hydrogen-bond donors (Lipinski definition) is 2. The van der Waals surface area contributed by atoms with E-state index in [1.807, 2.05) is 49.4 Å². The molecule has 0 aliphatic carbocycles. The molecule has 0 saturated heterocycles. The molecular formula is C20H26N2O2. The average Bonchev–Trinajstić information content (AvgIpc) is 2.51. The summed E-state index contributed by atoms with van der Waals surface area (Å²) in [6.07, 6.45) is -0.605. The standard InChI is InChI=1S/C20H26N2O2/c1-13-17(21)7-6-8-18(13)22-19(23)14(2)24-16-11-9-15(10-12-16)20(3,4)5/h6-12,14H,21H2,1-5H3,(H,22,23). The summed E-state index contributed by atoms with van der Waals surface area (Å²) in [5.74, 6) is 0.471. The second-order valence-electron chi connectivity index (χ2n) is 7.04. The molecule has 2 aromatic carbocycles. The van der Waals surface area contributed by atoms with Crippen molar-refractivity contribution in [2.24, 2.45) is 0 Å². The van der Waals surface area contributed by atoms with Crippen molar-refractivity contribution < 1.29 is 9.53 Å². The Labute approximate surface area is 144 Å². The molecule has 1 amide bonds. The maximum Gasteiger partial charge on any atom is 0.265 e. The van der Waals surface area contributed by atoms with Gasteiger partial charge in [0.2, 0.25) is 0 Å². The topological polar surface area (TPSA) is 64.3 Å². The van der Waals surface area contributed by atoms with Crippen LogP contribution in [-0.4, -0.2) is 12.0 Å². The van der Waals surface area contributed by atoms with Gasteiger partial charge in [0.05, 0.1) is 0 Å². The first kappa shape index (κ1) is 17.9. The van der Waals surface area contributed by atoms with Crippen LogP contribution in [0.5, 0.6) is 5.75 Å². The lowest BCUT2D eigenvalue weighted by molar-refractivity contribution is -0.122. The monoisotopic (exact) mass is 326 g/mol. The van der Waals surface area contributed by atoms with E-state index in [-0.39, 0.29) is 11.3 Å². The number of amides is 1. The normalized spacial score (nSPS) is 12.5. The number of benzene rings is 2. The molecule has 0 heterocycles. The van der Waals surface area contributed by atoms with Crippen molar-refractivity contribution in [2.45, 2.75) is 46.1 Å². The van der Waals surface area contributed by atoms with Gasteiger partial charge in [-0.3, -0.25) is 4.79 Å². The number of nitrogen functional groups attached to an aromatic ring is 1. The van der Waals surface area contributed by atoms with E-state index in [4.69, 9.17) is 10.5 Å². The van der Waals surface area contributed by atoms with Gasteiger partial charge in [0.25, 0.3) is 5.91 Å². The summed E-state index contributed by atoms with van der Waals surface area (Å²) in [7, 11) is 0. The van der Waals surface area contributed by atoms with Crippen LogP contribution in [0.3, 0.4) is 0 Å². The molecule has 2 rings (SSSR count). The summed E-state index contributed by atoms with van der Waals surface area (Å²) in [4.78, 5) is 12.3. The van der Waals surface area contributed by atoms with Gasteiger partial charge in [-0.05, 0) is 54.7 Å². The van der Waals surface area contributed by atoms with Crippen LogP contribution in [0.15, 0.2) is 42.5 Å². The van der Waals surface area contributed by atoms with Crippen molar-refractivity contribution in [3.8, 4) is 5.75 Å². The van der Waals surface area contributed by atoms with E-state index in [0.717, 1.165) is 5.56 Å². The highest BCUT2D eigenvalue weighted by Gasteiger charge is 2.17. The lowest BCUT2D eigenvalue weighted by Crippen LogP contribution is -2.30. The quantitative estimate of drug-likeness (QED) is 0.824. The van der Waals surface area contributed by atoms with E-state index in [1.165, 1.54) is 5.56 Å². The molecule has 1 unspecified atom stereocenters. The summed E-state index contributed by atoms with van der Waals surface area (Å²) in [6, 6.07) is 13.3. The first-order valence-electron chi connectivity index (χ1n) is 8.11. The van der Waals surface area contributed by atoms with Gasteiger partial charge in [0.15, 0.2) is 6.10 Å². The molecule has 24 heavy (non-hydrogen) atoms. The Balaban J connectivity index is 2.02. The Morgan fingerprint density at radius 2 is 1.75 bits per heavy atom. The Morgan fingerprint density at radius 1 is 1.12 bits per heavy atom. The summed E-state index contributed by atoms with van der Waals surface area (Å²) >= 11 is 0. The van der Waals surface area contributed by atoms with Crippen LogP contribution in [0.4, 0.5) is 11.4 Å². The largest absolute Gasteiger partial charge is 0.481 e. The predicted octanol–water partition coefficient (Wildman–Crippen LogP) is 4.28. The van der Waals surface area contributed by atoms with E-state index in [1.54, 1.807) is 6.92 Å². The molecule has 0 bridgehead atoms. The van der Waals surface area contributed by atoms with Crippen LogP contribution < -0.4 is 15.8 Å². The highest BCUT2D eigenvalue weighted by atomic mass is 16.5. The molecule has 4 heteroatoms. The molecule has 2 aromatic rings. The fourth-order valence-electron chi connectivity index (χ4n) is 2.31. The highest BCUT2D eigenvalue weighted by Crippen LogP contribution is 2.25. The van der Waals surface area contributed by atoms with Crippen molar-refractivity contribution in [1.82, 2.24) is 0 Å². The van der Waals surface area contributed by atoms with Crippen LogP contribution in [0.2, 0.25) is 0 Å². The summed E-state index contributed by atoms with van der Waals surface area (Å²) in [6.45, 7) is 10.1. The van der Waals surface area contributed by atoms with Crippen molar-refractivity contribution in [3.05, 3.63) is 53.6 Å². The third-order valence-electron chi connectivity index (χ3n) is 4.04. The molecule has 0 aliphatic rings. The number of carbonyl (C=O) groups excluding carboxylic acids is 1. The van der Waals surface area contributed by atoms with Gasteiger partial charge in [0.1, 0.15) is 5.75 Å². The Hall–Kier alpha value is -2.49. The molecule has 0 aromatic heterocycles. The maximum absolute atomic E-state index is 12.3. The molecule has 0 aliphatic heterocycles. The van der Waals surface area contributed by atoms with Crippen molar-refractivity contribution in [3.63, 3.8) is 0 Å². The number of nitrogens with two attached hydrogens (primary N) is 1. The van der Waals surface area contributed by atoms with Gasteiger partial charge in [-0.25, -0.2) is 0 Å². The Bertz CT molecular complexity index is 715. The molecular weight excluding hydrogens is 300 g/mol. The fourth-order valence-corrected chi connectivity index (χ4v) is 2.31. The van der Waals surface area contributed by atoms with E-state index in [9.17, 15) is 4.79 Å². The highest BCUT2D eigenvalue weighted by molar-refractivity contribution is 5.95. The predicted molar refractivity (Wildman–Crippen MR) is 99.5 cm³/mol. The van der Waals surface area contributed by atoms with Crippen molar-refractivity contribution in [1.29, 1.82) is 0 Å². The van der Waals surface area contributed by atoms with Gasteiger partial charge in [0, 0.05) is 11.4 Å². The van der Waals surface area contributed by atoms with Gasteiger partial charge >= 0.3 is 0 Å². The second-order valence-corrected chi connectivity index (χ2v) is 7.04. The van der Waals surface area contributed by atoms with Crippen LogP contribution in [-0.2, 0) is 10.2 Å². The molecule has 0 fully saturated rings. The zero-order valence-electron chi connectivity index (χ0n) is 15.0. The van der Waals surface area contributed by atoms with Gasteiger partial charge in [-0.1, -0.05) is 39.0 Å². The van der Waals surface area contributed by atoms with Gasteiger partial charge < -0.3 is 15.8 Å². The second kappa shape index (κ2) is 6.95. The molecule has 4 nitrogen and oxygen atoms in total. The fraction of sp³-hybridized carbons (Fsp3) is 0.350. The van der Waals surface area contributed by atoms with Crippen molar-refractivity contribution in [2.75, 3.05) is 11.1 Å². The van der Waals surface area contributed by atoms with E-state index < -0.39 is 6.10 Å². The summed E-state index contributed by atoms with van der Waals surface area (Å²) < 4.78 is 5.74. The Morgan fingerprint density at radius 3 is 2.33 bits per heavy atom. The van der Waals surface area contributed by atoms with E-state index >= 15 is 0 Å². The smallest absolute Gasteiger partial charge is 0.265 e. The first-order chi connectivity index (χ1) is 11.2. The third kappa shape index (κ3) is 4.28. The van der Waals surface area contributed by atoms with Crippen LogP contribution in [0, 0.1) is 6.92 Å². The van der Waals surface area contributed by atoms with Crippen LogP contribution >= 0.6 is 0 Å². The lowest BCUT2D eigenvalue weighted by atomic mass is 9.87. The van der Waals surface area contributed by atoms with Crippen LogP contribution in [0.1, 0.15) is 38.8 Å². The molecule has 1 atom stereocenters. The lowest BCUT2D eigenvalue weighted by Gasteiger charge is -2.20. The zero-order chi connectivity index (χ0) is 17.9. The minimum absolute atomic E-state index is 0.0896. The number of ether oxygens (including phenoxy) is 1. The third-order valence-corrected chi connectivity index (χ3v) is 4.04. The van der Waals surface area contributed by atoms with Crippen LogP contribution in [0.25, 0.3) is 0 Å². The maximum atomic E-state index is 12.3. The minimum Gasteiger partial charge on any atom is -0.481 e. The van der Waals surface area contributed by atoms with E-state index in [0.29, 0.717) is 17.1 Å². The number of anilines is 2. The SMILES string of the molecule is Cc1c(N)cccc1NC(=O)C(C)Oc1ccc(C(C)(C)C)cc1. The van der Waals surface area contributed by atoms with Crippen molar-refractivity contribution >= 4 is 17.3 Å². The summed E-state index contributed by atoms with van der Waals surface area (Å²) in [5, 5.41) is 2.86. The molecule has 0 spiro atoms. The zero-order valence-corrected chi connectivity index (χ0v) is 15.0. The molecule has 0 radical (unpaired) electrons. The van der Waals surface area contributed by atoms with Gasteiger partial charge in [-0.15, -0.1) is 0 Å². The molecule has 0 saturated carbocycles.